The van der Waals surface area contributed by atoms with Crippen LogP contribution >= 0.6 is 11.8 Å². The molecule has 1 saturated heterocycles. The SMILES string of the molecule is COc1ccc(C#Cc2cncc3cc(/C=C4/SC(=O)NC4=O)oc23)cc1OC. The van der Waals surface area contributed by atoms with Crippen LogP contribution in [0.2, 0.25) is 0 Å². The average molecular weight is 406 g/mol. The Morgan fingerprint density at radius 3 is 2.66 bits per heavy atom. The molecule has 8 heteroatoms. The first-order chi connectivity index (χ1) is 14.1. The highest BCUT2D eigenvalue weighted by Crippen LogP contribution is 2.29. The zero-order valence-electron chi connectivity index (χ0n) is 15.4. The molecule has 7 nitrogen and oxygen atoms in total. The van der Waals surface area contributed by atoms with Gasteiger partial charge in [-0.05, 0) is 36.0 Å². The van der Waals surface area contributed by atoms with Gasteiger partial charge in [0.2, 0.25) is 0 Å². The molecular weight excluding hydrogens is 392 g/mol. The monoisotopic (exact) mass is 406 g/mol. The summed E-state index contributed by atoms with van der Waals surface area (Å²) in [4.78, 5) is 27.5. The lowest BCUT2D eigenvalue weighted by molar-refractivity contribution is -0.115. The molecule has 1 aliphatic heterocycles. The van der Waals surface area contributed by atoms with Gasteiger partial charge in [-0.2, -0.15) is 0 Å². The number of imide groups is 1. The number of pyridine rings is 1. The van der Waals surface area contributed by atoms with E-state index >= 15 is 0 Å². The van der Waals surface area contributed by atoms with Crippen LogP contribution in [0.4, 0.5) is 4.79 Å². The lowest BCUT2D eigenvalue weighted by Gasteiger charge is -2.06. The summed E-state index contributed by atoms with van der Waals surface area (Å²) in [6.07, 6.45) is 4.78. The number of thioether (sulfide) groups is 1. The number of hydrogen-bond acceptors (Lipinski definition) is 7. The molecule has 1 fully saturated rings. The molecule has 1 N–H and O–H groups in total. The number of ether oxygens (including phenoxy) is 2. The number of hydrogen-bond donors (Lipinski definition) is 1. The van der Waals surface area contributed by atoms with E-state index < -0.39 is 11.1 Å². The quantitative estimate of drug-likeness (QED) is 0.525. The molecule has 2 aromatic heterocycles. The maximum Gasteiger partial charge on any atom is 0.290 e. The number of methoxy groups -OCH3 is 2. The summed E-state index contributed by atoms with van der Waals surface area (Å²) < 4.78 is 16.4. The number of benzene rings is 1. The van der Waals surface area contributed by atoms with Gasteiger partial charge in [0.25, 0.3) is 11.1 Å². The molecule has 2 amide bonds. The van der Waals surface area contributed by atoms with E-state index in [4.69, 9.17) is 13.9 Å². The Morgan fingerprint density at radius 1 is 1.10 bits per heavy atom. The lowest BCUT2D eigenvalue weighted by Crippen LogP contribution is -2.17. The molecule has 4 rings (SSSR count). The van der Waals surface area contributed by atoms with Gasteiger partial charge in [-0.3, -0.25) is 19.9 Å². The van der Waals surface area contributed by atoms with Crippen molar-refractivity contribution in [3.05, 3.63) is 58.5 Å². The molecule has 29 heavy (non-hydrogen) atoms. The predicted octanol–water partition coefficient (Wildman–Crippen LogP) is 3.57. The van der Waals surface area contributed by atoms with E-state index in [1.54, 1.807) is 44.8 Å². The third-order valence-corrected chi connectivity index (χ3v) is 4.89. The first-order valence-corrected chi connectivity index (χ1v) is 9.25. The van der Waals surface area contributed by atoms with Gasteiger partial charge in [0.1, 0.15) is 5.76 Å². The molecule has 0 atom stereocenters. The topological polar surface area (TPSA) is 90.7 Å². The maximum atomic E-state index is 11.7. The molecule has 0 unspecified atom stereocenters. The number of carbonyl (C=O) groups is 2. The smallest absolute Gasteiger partial charge is 0.290 e. The van der Waals surface area contributed by atoms with Gasteiger partial charge in [-0.15, -0.1) is 0 Å². The largest absolute Gasteiger partial charge is 0.493 e. The summed E-state index contributed by atoms with van der Waals surface area (Å²) >= 11 is 0.832. The summed E-state index contributed by atoms with van der Waals surface area (Å²) in [7, 11) is 3.14. The summed E-state index contributed by atoms with van der Waals surface area (Å²) in [6.45, 7) is 0. The maximum absolute atomic E-state index is 11.7. The van der Waals surface area contributed by atoms with Crippen molar-refractivity contribution < 1.29 is 23.5 Å². The number of nitrogens with one attached hydrogen (secondary N) is 1. The van der Waals surface area contributed by atoms with E-state index in [1.165, 1.54) is 6.08 Å². The van der Waals surface area contributed by atoms with Crippen molar-refractivity contribution in [2.45, 2.75) is 0 Å². The van der Waals surface area contributed by atoms with Crippen molar-refractivity contribution in [3.63, 3.8) is 0 Å². The average Bonchev–Trinajstić information content (AvgIpc) is 3.28. The highest BCUT2D eigenvalue weighted by Gasteiger charge is 2.25. The van der Waals surface area contributed by atoms with Crippen LogP contribution in [0, 0.1) is 11.8 Å². The fourth-order valence-electron chi connectivity index (χ4n) is 2.75. The van der Waals surface area contributed by atoms with Gasteiger partial charge in [0.15, 0.2) is 17.1 Å². The van der Waals surface area contributed by atoms with E-state index in [0.29, 0.717) is 28.4 Å². The van der Waals surface area contributed by atoms with E-state index in [2.05, 4.69) is 22.1 Å². The van der Waals surface area contributed by atoms with E-state index in [-0.39, 0.29) is 4.91 Å². The van der Waals surface area contributed by atoms with E-state index in [0.717, 1.165) is 22.7 Å². The summed E-state index contributed by atoms with van der Waals surface area (Å²) in [5.74, 6) is 7.33. The molecule has 0 saturated carbocycles. The molecule has 1 aromatic carbocycles. The zero-order valence-corrected chi connectivity index (χ0v) is 16.3. The highest BCUT2D eigenvalue weighted by atomic mass is 32.2. The van der Waals surface area contributed by atoms with Gasteiger partial charge < -0.3 is 13.9 Å². The minimum Gasteiger partial charge on any atom is -0.493 e. The van der Waals surface area contributed by atoms with Gasteiger partial charge in [-0.1, -0.05) is 11.8 Å². The van der Waals surface area contributed by atoms with Crippen molar-refractivity contribution in [2.24, 2.45) is 0 Å². The lowest BCUT2D eigenvalue weighted by atomic mass is 10.1. The first-order valence-electron chi connectivity index (χ1n) is 8.44. The predicted molar refractivity (Wildman–Crippen MR) is 109 cm³/mol. The van der Waals surface area contributed by atoms with Crippen LogP contribution in [0.5, 0.6) is 11.5 Å². The van der Waals surface area contributed by atoms with Crippen molar-refractivity contribution in [1.29, 1.82) is 0 Å². The van der Waals surface area contributed by atoms with Gasteiger partial charge >= 0.3 is 0 Å². The molecule has 144 valence electrons. The minimum absolute atomic E-state index is 0.278. The number of rotatable bonds is 3. The van der Waals surface area contributed by atoms with Crippen molar-refractivity contribution in [3.8, 4) is 23.3 Å². The fraction of sp³-hybridized carbons (Fsp3) is 0.0952. The third-order valence-electron chi connectivity index (χ3n) is 4.08. The van der Waals surface area contributed by atoms with Crippen molar-refractivity contribution in [1.82, 2.24) is 10.3 Å². The summed E-state index contributed by atoms with van der Waals surface area (Å²) in [5, 5.41) is 2.55. The number of furan rings is 1. The Kier molecular flexibility index (Phi) is 4.97. The second-order valence-corrected chi connectivity index (χ2v) is 6.94. The number of amides is 2. The fourth-order valence-corrected chi connectivity index (χ4v) is 3.41. The van der Waals surface area contributed by atoms with Crippen LogP contribution < -0.4 is 14.8 Å². The van der Waals surface area contributed by atoms with Crippen LogP contribution in [0.1, 0.15) is 16.9 Å². The summed E-state index contributed by atoms with van der Waals surface area (Å²) in [6, 6.07) is 7.13. The van der Waals surface area contributed by atoms with Gasteiger partial charge in [0, 0.05) is 29.4 Å². The van der Waals surface area contributed by atoms with E-state index in [9.17, 15) is 9.59 Å². The van der Waals surface area contributed by atoms with Crippen molar-refractivity contribution >= 4 is 40.0 Å². The van der Waals surface area contributed by atoms with Gasteiger partial charge in [-0.25, -0.2) is 0 Å². The number of aromatic nitrogens is 1. The normalized spacial score (nSPS) is 14.6. The zero-order chi connectivity index (χ0) is 20.4. The molecule has 1 aliphatic rings. The van der Waals surface area contributed by atoms with Crippen LogP contribution in [-0.4, -0.2) is 30.3 Å². The van der Waals surface area contributed by atoms with Crippen LogP contribution in [-0.2, 0) is 4.79 Å². The standard InChI is InChI=1S/C21H14N2O5S/c1-26-16-6-4-12(7-17(16)27-2)3-5-13-10-22-11-14-8-15(28-19(13)14)9-18-20(24)23-21(25)29-18/h4,6-11H,1-2H3,(H,23,24,25)/b18-9+. The Bertz CT molecular complexity index is 1230. The first kappa shape index (κ1) is 18.7. The molecule has 0 aliphatic carbocycles. The minimum atomic E-state index is -0.438. The molecule has 0 radical (unpaired) electrons. The van der Waals surface area contributed by atoms with Gasteiger partial charge in [0.05, 0.1) is 24.7 Å². The Balaban J connectivity index is 1.69. The van der Waals surface area contributed by atoms with Crippen LogP contribution in [0.25, 0.3) is 17.0 Å². The molecule has 3 aromatic rings. The molecule has 0 spiro atoms. The molecule has 0 bridgehead atoms. The number of nitrogens with zero attached hydrogens (tertiary/aromatic N) is 1. The number of carbonyl (C=O) groups excluding carboxylic acids is 2. The number of fused-ring (bicyclic) bond motifs is 1. The second-order valence-electron chi connectivity index (χ2n) is 5.93. The summed E-state index contributed by atoms with van der Waals surface area (Å²) in [5.41, 5.74) is 1.89. The molecule has 3 heterocycles. The Morgan fingerprint density at radius 2 is 1.93 bits per heavy atom. The highest BCUT2D eigenvalue weighted by molar-refractivity contribution is 8.18. The Hall–Kier alpha value is -3.70. The molecular formula is C21H14N2O5S. The van der Waals surface area contributed by atoms with Crippen LogP contribution in [0.15, 0.2) is 46.0 Å². The van der Waals surface area contributed by atoms with E-state index in [1.807, 2.05) is 6.07 Å². The van der Waals surface area contributed by atoms with Crippen molar-refractivity contribution in [2.75, 3.05) is 14.2 Å². The van der Waals surface area contributed by atoms with Crippen LogP contribution in [0.3, 0.4) is 0 Å². The third kappa shape index (κ3) is 3.81. The second kappa shape index (κ2) is 7.73. The Labute approximate surface area is 170 Å².